The third-order valence-corrected chi connectivity index (χ3v) is 5.93. The summed E-state index contributed by atoms with van der Waals surface area (Å²) in [5.74, 6) is -0.532. The predicted molar refractivity (Wildman–Crippen MR) is 114 cm³/mol. The first-order valence-electron chi connectivity index (χ1n) is 10.1. The molecule has 6 heteroatoms. The third-order valence-electron chi connectivity index (χ3n) is 5.93. The van der Waals surface area contributed by atoms with E-state index in [4.69, 9.17) is 5.73 Å². The van der Waals surface area contributed by atoms with Crippen LogP contribution in [0.1, 0.15) is 36.0 Å². The lowest BCUT2D eigenvalue weighted by Gasteiger charge is -2.21. The SMILES string of the molecule is Cc1ccccc1C(C)CC(N)NN1[C@H](C(=O)O)[C@@H]1Cc1c[nH]c2ccccc12. The molecule has 0 spiro atoms. The Morgan fingerprint density at radius 1 is 1.24 bits per heavy atom. The largest absolute Gasteiger partial charge is 0.480 e. The van der Waals surface area contributed by atoms with Crippen LogP contribution >= 0.6 is 0 Å². The van der Waals surface area contributed by atoms with Crippen LogP contribution < -0.4 is 11.2 Å². The number of nitrogens with two attached hydrogens (primary N) is 1. The Kier molecular flexibility index (Phi) is 5.41. The molecule has 1 aromatic heterocycles. The van der Waals surface area contributed by atoms with Crippen molar-refractivity contribution in [3.63, 3.8) is 0 Å². The van der Waals surface area contributed by atoms with Gasteiger partial charge >= 0.3 is 5.97 Å². The van der Waals surface area contributed by atoms with Gasteiger partial charge in [0.05, 0.1) is 12.2 Å². The minimum absolute atomic E-state index is 0.105. The van der Waals surface area contributed by atoms with Crippen molar-refractivity contribution in [2.24, 2.45) is 5.73 Å². The number of aromatic amines is 1. The molecule has 3 unspecified atom stereocenters. The van der Waals surface area contributed by atoms with E-state index in [1.807, 2.05) is 36.5 Å². The van der Waals surface area contributed by atoms with Crippen LogP contribution in [0.15, 0.2) is 54.7 Å². The van der Waals surface area contributed by atoms with Gasteiger partial charge in [-0.1, -0.05) is 49.4 Å². The standard InChI is InChI=1S/C23H28N4O2/c1-14-7-3-4-8-17(14)15(2)11-21(24)26-27-20(22(27)23(28)29)12-16-13-25-19-10-6-5-9-18(16)19/h3-10,13,15,20-22,25-26H,11-12,24H2,1-2H3,(H,28,29)/t15?,20-,21?,22-,27?/m0/s1. The Balaban J connectivity index is 1.41. The zero-order valence-corrected chi connectivity index (χ0v) is 16.8. The lowest BCUT2D eigenvalue weighted by molar-refractivity contribution is -0.137. The number of hydrogen-bond acceptors (Lipinski definition) is 4. The zero-order valence-electron chi connectivity index (χ0n) is 16.8. The van der Waals surface area contributed by atoms with E-state index in [1.54, 1.807) is 5.01 Å². The van der Waals surface area contributed by atoms with E-state index < -0.39 is 12.0 Å². The molecule has 29 heavy (non-hydrogen) atoms. The van der Waals surface area contributed by atoms with E-state index in [9.17, 15) is 9.90 Å². The van der Waals surface area contributed by atoms with Crippen LogP contribution in [0.2, 0.25) is 0 Å². The first-order valence-corrected chi connectivity index (χ1v) is 10.1. The lowest BCUT2D eigenvalue weighted by Crippen LogP contribution is -2.43. The molecule has 0 saturated carbocycles. The second-order valence-corrected chi connectivity index (χ2v) is 8.05. The van der Waals surface area contributed by atoms with Crippen LogP contribution in [-0.4, -0.2) is 39.3 Å². The summed E-state index contributed by atoms with van der Waals surface area (Å²) in [6.07, 6.45) is 3.06. The molecule has 4 rings (SSSR count). The van der Waals surface area contributed by atoms with Crippen molar-refractivity contribution < 1.29 is 9.90 Å². The van der Waals surface area contributed by atoms with Gasteiger partial charge in [0.15, 0.2) is 0 Å². The number of aliphatic carboxylic acids is 1. The van der Waals surface area contributed by atoms with Gasteiger partial charge in [-0.25, -0.2) is 10.4 Å². The van der Waals surface area contributed by atoms with Crippen molar-refractivity contribution in [3.05, 3.63) is 71.4 Å². The maximum atomic E-state index is 11.7. The summed E-state index contributed by atoms with van der Waals surface area (Å²) < 4.78 is 0. The molecular weight excluding hydrogens is 364 g/mol. The Morgan fingerprint density at radius 2 is 1.97 bits per heavy atom. The number of hydrogen-bond donors (Lipinski definition) is 4. The normalized spacial score (nSPS) is 23.1. The number of hydrazine groups is 1. The molecule has 2 aromatic carbocycles. The molecule has 6 nitrogen and oxygen atoms in total. The summed E-state index contributed by atoms with van der Waals surface area (Å²) in [6, 6.07) is 15.7. The summed E-state index contributed by atoms with van der Waals surface area (Å²) in [4.78, 5) is 15.0. The topological polar surface area (TPSA) is 94.2 Å². The summed E-state index contributed by atoms with van der Waals surface area (Å²) in [6.45, 7) is 4.26. The highest BCUT2D eigenvalue weighted by Gasteiger charge is 2.53. The minimum Gasteiger partial charge on any atom is -0.480 e. The second kappa shape index (κ2) is 7.99. The highest BCUT2D eigenvalue weighted by molar-refractivity contribution is 5.84. The summed E-state index contributed by atoms with van der Waals surface area (Å²) in [5.41, 5.74) is 14.3. The monoisotopic (exact) mass is 392 g/mol. The predicted octanol–water partition coefficient (Wildman–Crippen LogP) is 3.14. The molecule has 1 aliphatic heterocycles. The molecule has 0 bridgehead atoms. The molecule has 0 aliphatic carbocycles. The lowest BCUT2D eigenvalue weighted by atomic mass is 9.93. The number of para-hydroxylation sites is 1. The first kappa shape index (κ1) is 19.6. The molecular formula is C23H28N4O2. The summed E-state index contributed by atoms with van der Waals surface area (Å²) in [7, 11) is 0. The molecule has 1 fully saturated rings. The van der Waals surface area contributed by atoms with Gasteiger partial charge in [0.1, 0.15) is 6.04 Å². The van der Waals surface area contributed by atoms with Gasteiger partial charge < -0.3 is 15.8 Å². The maximum absolute atomic E-state index is 11.7. The molecule has 1 aliphatic rings. The number of benzene rings is 2. The van der Waals surface area contributed by atoms with Crippen LogP contribution in [0.25, 0.3) is 10.9 Å². The fraction of sp³-hybridized carbons (Fsp3) is 0.348. The van der Waals surface area contributed by atoms with E-state index in [0.29, 0.717) is 6.42 Å². The van der Waals surface area contributed by atoms with Gasteiger partial charge in [0.25, 0.3) is 0 Å². The van der Waals surface area contributed by atoms with E-state index >= 15 is 0 Å². The fourth-order valence-corrected chi connectivity index (χ4v) is 4.37. The molecule has 0 amide bonds. The van der Waals surface area contributed by atoms with Crippen LogP contribution in [0, 0.1) is 6.92 Å². The van der Waals surface area contributed by atoms with E-state index in [0.717, 1.165) is 22.9 Å². The van der Waals surface area contributed by atoms with E-state index in [-0.39, 0.29) is 18.1 Å². The van der Waals surface area contributed by atoms with Gasteiger partial charge in [0.2, 0.25) is 0 Å². The first-order chi connectivity index (χ1) is 14.0. The van der Waals surface area contributed by atoms with Gasteiger partial charge in [-0.2, -0.15) is 0 Å². The van der Waals surface area contributed by atoms with Crippen molar-refractivity contribution >= 4 is 16.9 Å². The quantitative estimate of drug-likeness (QED) is 0.349. The number of carboxylic acid groups (broad SMARTS) is 1. The number of fused-ring (bicyclic) bond motifs is 1. The van der Waals surface area contributed by atoms with Crippen molar-refractivity contribution in [2.45, 2.75) is 50.9 Å². The zero-order chi connectivity index (χ0) is 20.5. The van der Waals surface area contributed by atoms with E-state index in [2.05, 4.69) is 42.5 Å². The van der Waals surface area contributed by atoms with Gasteiger partial charge in [-0.05, 0) is 48.4 Å². The molecule has 5 atom stereocenters. The average molecular weight is 393 g/mol. The average Bonchev–Trinajstić information content (AvgIpc) is 3.20. The number of nitrogens with one attached hydrogen (secondary N) is 2. The Hall–Kier alpha value is -2.67. The Bertz CT molecular complexity index is 1010. The summed E-state index contributed by atoms with van der Waals surface area (Å²) >= 11 is 0. The number of carboxylic acids is 1. The van der Waals surface area contributed by atoms with Crippen molar-refractivity contribution in [3.8, 4) is 0 Å². The van der Waals surface area contributed by atoms with Gasteiger partial charge in [-0.15, -0.1) is 0 Å². The van der Waals surface area contributed by atoms with Gasteiger partial charge in [0, 0.05) is 17.1 Å². The number of nitrogens with zero attached hydrogens (tertiary/aromatic N) is 1. The molecule has 5 N–H and O–H groups in total. The molecule has 0 radical (unpaired) electrons. The molecule has 152 valence electrons. The van der Waals surface area contributed by atoms with Crippen molar-refractivity contribution in [1.29, 1.82) is 0 Å². The highest BCUT2D eigenvalue weighted by atomic mass is 16.4. The maximum Gasteiger partial charge on any atom is 0.324 e. The number of carbonyl (C=O) groups is 1. The van der Waals surface area contributed by atoms with Crippen LogP contribution in [0.4, 0.5) is 0 Å². The number of aryl methyl sites for hydroxylation is 1. The number of aromatic nitrogens is 1. The van der Waals surface area contributed by atoms with Crippen molar-refractivity contribution in [2.75, 3.05) is 0 Å². The third kappa shape index (κ3) is 4.05. The second-order valence-electron chi connectivity index (χ2n) is 8.05. The van der Waals surface area contributed by atoms with E-state index in [1.165, 1.54) is 11.1 Å². The summed E-state index contributed by atoms with van der Waals surface area (Å²) in [5, 5.41) is 12.5. The van der Waals surface area contributed by atoms with Gasteiger partial charge in [-0.3, -0.25) is 4.79 Å². The molecule has 2 heterocycles. The van der Waals surface area contributed by atoms with Crippen LogP contribution in [0.3, 0.4) is 0 Å². The van der Waals surface area contributed by atoms with Crippen molar-refractivity contribution in [1.82, 2.24) is 15.4 Å². The van der Waals surface area contributed by atoms with Crippen LogP contribution in [0.5, 0.6) is 0 Å². The smallest absolute Gasteiger partial charge is 0.324 e. The van der Waals surface area contributed by atoms with Crippen LogP contribution in [-0.2, 0) is 11.2 Å². The molecule has 1 saturated heterocycles. The minimum atomic E-state index is -0.818. The number of H-pyrrole nitrogens is 1. The molecule has 3 aromatic rings. The Morgan fingerprint density at radius 3 is 2.72 bits per heavy atom. The number of rotatable bonds is 8. The highest BCUT2D eigenvalue weighted by Crippen LogP contribution is 2.32. The Labute approximate surface area is 170 Å². The fourth-order valence-electron chi connectivity index (χ4n) is 4.37.